The smallest absolute Gasteiger partial charge is 0.227 e. The van der Waals surface area contributed by atoms with Crippen LogP contribution in [0.3, 0.4) is 0 Å². The average molecular weight is 367 g/mol. The second kappa shape index (κ2) is 5.64. The number of carbonyl (C=O) groups is 1. The van der Waals surface area contributed by atoms with Crippen molar-refractivity contribution in [3.05, 3.63) is 16.9 Å². The first-order valence-electron chi connectivity index (χ1n) is 8.37. The number of piperidine rings is 1. The van der Waals surface area contributed by atoms with Gasteiger partial charge in [0.25, 0.3) is 0 Å². The van der Waals surface area contributed by atoms with Gasteiger partial charge in [-0.15, -0.1) is 0 Å². The third kappa shape index (κ3) is 2.40. The molecule has 2 bridgehead atoms. The van der Waals surface area contributed by atoms with Crippen molar-refractivity contribution in [2.24, 2.45) is 23.5 Å². The van der Waals surface area contributed by atoms with Crippen LogP contribution in [0.2, 0.25) is 0 Å². The van der Waals surface area contributed by atoms with Gasteiger partial charge in [0.15, 0.2) is 0 Å². The monoisotopic (exact) mass is 366 g/mol. The number of carbonyl (C=O) groups excluding carboxylic acids is 1. The van der Waals surface area contributed by atoms with Crippen molar-refractivity contribution in [2.75, 3.05) is 13.1 Å². The first-order valence-corrected chi connectivity index (χ1v) is 9.17. The van der Waals surface area contributed by atoms with E-state index in [4.69, 9.17) is 5.73 Å². The van der Waals surface area contributed by atoms with Crippen LogP contribution in [0.25, 0.3) is 0 Å². The lowest BCUT2D eigenvalue weighted by atomic mass is 9.83. The Bertz CT molecular complexity index is 564. The number of hydrogen-bond acceptors (Lipinski definition) is 3. The molecule has 0 radical (unpaired) electrons. The van der Waals surface area contributed by atoms with Crippen molar-refractivity contribution >= 4 is 21.8 Å². The normalized spacial score (nSPS) is 35.3. The molecule has 5 nitrogen and oxygen atoms in total. The minimum Gasteiger partial charge on any atom is -0.342 e. The van der Waals surface area contributed by atoms with Crippen molar-refractivity contribution in [2.45, 2.75) is 44.2 Å². The maximum atomic E-state index is 12.9. The number of aromatic nitrogens is 2. The molecule has 2 aliphatic carbocycles. The molecule has 3 aliphatic rings. The average Bonchev–Trinajstić information content (AvgIpc) is 3.23. The molecule has 4 unspecified atom stereocenters. The van der Waals surface area contributed by atoms with E-state index in [1.54, 1.807) is 0 Å². The summed E-state index contributed by atoms with van der Waals surface area (Å²) >= 11 is 3.44. The molecule has 1 amide bonds. The molecule has 0 spiro atoms. The summed E-state index contributed by atoms with van der Waals surface area (Å²) in [5, 5.41) is 4.38. The van der Waals surface area contributed by atoms with E-state index in [-0.39, 0.29) is 12.0 Å². The zero-order valence-electron chi connectivity index (χ0n) is 12.7. The maximum Gasteiger partial charge on any atom is 0.227 e. The number of nitrogens with zero attached hydrogens (tertiary/aromatic N) is 3. The zero-order valence-corrected chi connectivity index (χ0v) is 14.3. The summed E-state index contributed by atoms with van der Waals surface area (Å²) in [6, 6.07) is 0.509. The Morgan fingerprint density at radius 1 is 1.23 bits per heavy atom. The van der Waals surface area contributed by atoms with Gasteiger partial charge in [0.2, 0.25) is 5.91 Å². The van der Waals surface area contributed by atoms with E-state index in [2.05, 4.69) is 25.9 Å². The minimum atomic E-state index is 0.0918. The van der Waals surface area contributed by atoms with E-state index in [9.17, 15) is 4.79 Å². The van der Waals surface area contributed by atoms with Crippen LogP contribution in [0.4, 0.5) is 0 Å². The molecule has 120 valence electrons. The van der Waals surface area contributed by atoms with Crippen molar-refractivity contribution in [1.29, 1.82) is 0 Å². The Balaban J connectivity index is 1.38. The van der Waals surface area contributed by atoms with Crippen molar-refractivity contribution < 1.29 is 4.79 Å². The molecule has 4 rings (SSSR count). The molecular weight excluding hydrogens is 344 g/mol. The summed E-state index contributed by atoms with van der Waals surface area (Å²) in [5.74, 6) is 1.55. The molecule has 4 atom stereocenters. The number of nitrogens with two attached hydrogens (primary N) is 1. The third-order valence-corrected chi connectivity index (χ3v) is 6.40. The van der Waals surface area contributed by atoms with Gasteiger partial charge in [-0.25, -0.2) is 0 Å². The molecule has 1 aliphatic heterocycles. The lowest BCUT2D eigenvalue weighted by Crippen LogP contribution is -2.49. The number of fused-ring (bicyclic) bond motifs is 2. The first-order chi connectivity index (χ1) is 10.6. The Labute approximate surface area is 139 Å². The van der Waals surface area contributed by atoms with Gasteiger partial charge in [0, 0.05) is 25.3 Å². The van der Waals surface area contributed by atoms with Crippen LogP contribution in [-0.4, -0.2) is 39.7 Å². The second-order valence-electron chi connectivity index (χ2n) is 7.13. The minimum absolute atomic E-state index is 0.0918. The molecule has 22 heavy (non-hydrogen) atoms. The topological polar surface area (TPSA) is 64.2 Å². The predicted molar refractivity (Wildman–Crippen MR) is 87.1 cm³/mol. The highest BCUT2D eigenvalue weighted by molar-refractivity contribution is 9.10. The van der Waals surface area contributed by atoms with E-state index in [0.717, 1.165) is 30.4 Å². The van der Waals surface area contributed by atoms with Crippen LogP contribution in [0, 0.1) is 17.8 Å². The van der Waals surface area contributed by atoms with Crippen LogP contribution in [0.1, 0.15) is 38.1 Å². The molecule has 2 saturated carbocycles. The van der Waals surface area contributed by atoms with Gasteiger partial charge in [0.1, 0.15) is 0 Å². The molecule has 6 heteroatoms. The van der Waals surface area contributed by atoms with Crippen LogP contribution in [0.15, 0.2) is 16.9 Å². The van der Waals surface area contributed by atoms with E-state index >= 15 is 0 Å². The van der Waals surface area contributed by atoms with E-state index in [1.807, 2.05) is 17.1 Å². The van der Waals surface area contributed by atoms with Crippen molar-refractivity contribution in [1.82, 2.24) is 14.7 Å². The summed E-state index contributed by atoms with van der Waals surface area (Å²) in [4.78, 5) is 14.9. The quantitative estimate of drug-likeness (QED) is 0.872. The number of rotatable bonds is 2. The number of amides is 1. The van der Waals surface area contributed by atoms with Gasteiger partial charge in [-0.3, -0.25) is 9.48 Å². The Morgan fingerprint density at radius 3 is 2.55 bits per heavy atom. The molecule has 2 heterocycles. The van der Waals surface area contributed by atoms with Crippen molar-refractivity contribution in [3.8, 4) is 0 Å². The van der Waals surface area contributed by atoms with E-state index < -0.39 is 0 Å². The van der Waals surface area contributed by atoms with E-state index in [0.29, 0.717) is 23.8 Å². The fraction of sp³-hybridized carbons (Fsp3) is 0.750. The van der Waals surface area contributed by atoms with Gasteiger partial charge in [-0.05, 0) is 59.9 Å². The Kier molecular flexibility index (Phi) is 3.77. The number of likely N-dealkylation sites (tertiary alicyclic amines) is 1. The number of halogens is 1. The van der Waals surface area contributed by atoms with Gasteiger partial charge in [-0.2, -0.15) is 5.10 Å². The highest BCUT2D eigenvalue weighted by Gasteiger charge is 2.50. The maximum absolute atomic E-state index is 12.9. The highest BCUT2D eigenvalue weighted by Crippen LogP contribution is 2.48. The van der Waals surface area contributed by atoms with Crippen LogP contribution in [-0.2, 0) is 4.79 Å². The second-order valence-corrected chi connectivity index (χ2v) is 8.05. The fourth-order valence-corrected chi connectivity index (χ4v) is 5.08. The SMILES string of the molecule is NC1C2CCC(C2)C1C(=O)N1CCC(n2cc(Br)cn2)CC1. The summed E-state index contributed by atoms with van der Waals surface area (Å²) in [6.07, 6.45) is 9.42. The van der Waals surface area contributed by atoms with Crippen LogP contribution < -0.4 is 5.73 Å². The molecule has 0 aromatic carbocycles. The summed E-state index contributed by atoms with van der Waals surface area (Å²) in [5.41, 5.74) is 6.33. The zero-order chi connectivity index (χ0) is 15.3. The standard InChI is InChI=1S/C16H23BrN4O/c17-12-8-19-21(9-12)13-3-5-20(6-4-13)16(22)14-10-1-2-11(7-10)15(14)18/h8-11,13-15H,1-7,18H2. The van der Waals surface area contributed by atoms with Gasteiger partial charge < -0.3 is 10.6 Å². The highest BCUT2D eigenvalue weighted by atomic mass is 79.9. The summed E-state index contributed by atoms with van der Waals surface area (Å²) in [7, 11) is 0. The van der Waals surface area contributed by atoms with Crippen molar-refractivity contribution in [3.63, 3.8) is 0 Å². The largest absolute Gasteiger partial charge is 0.342 e. The molecule has 1 aromatic rings. The molecule has 1 aromatic heterocycles. The number of hydrogen-bond donors (Lipinski definition) is 1. The van der Waals surface area contributed by atoms with Gasteiger partial charge >= 0.3 is 0 Å². The lowest BCUT2D eigenvalue weighted by molar-refractivity contribution is -0.139. The third-order valence-electron chi connectivity index (χ3n) is 5.99. The summed E-state index contributed by atoms with van der Waals surface area (Å²) < 4.78 is 3.04. The van der Waals surface area contributed by atoms with Crippen LogP contribution in [0.5, 0.6) is 0 Å². The van der Waals surface area contributed by atoms with Gasteiger partial charge in [-0.1, -0.05) is 0 Å². The fourth-order valence-electron chi connectivity index (χ4n) is 4.78. The molecule has 3 fully saturated rings. The molecular formula is C16H23BrN4O. The Hall–Kier alpha value is -0.880. The Morgan fingerprint density at radius 2 is 1.95 bits per heavy atom. The predicted octanol–water partition coefficient (Wildman–Crippen LogP) is 2.18. The van der Waals surface area contributed by atoms with E-state index in [1.165, 1.54) is 19.3 Å². The van der Waals surface area contributed by atoms with Crippen LogP contribution >= 0.6 is 15.9 Å². The first kappa shape index (κ1) is 14.7. The summed E-state index contributed by atoms with van der Waals surface area (Å²) in [6.45, 7) is 1.67. The lowest BCUT2D eigenvalue weighted by Gasteiger charge is -2.37. The van der Waals surface area contributed by atoms with Gasteiger partial charge in [0.05, 0.1) is 22.6 Å². The molecule has 1 saturated heterocycles. The molecule has 2 N–H and O–H groups in total.